The van der Waals surface area contributed by atoms with E-state index in [1.54, 1.807) is 26.0 Å². The van der Waals surface area contributed by atoms with E-state index in [1.807, 2.05) is 52.3 Å². The number of hydrogen-bond donors (Lipinski definition) is 2. The average molecular weight is 568 g/mol. The van der Waals surface area contributed by atoms with Crippen molar-refractivity contribution < 1.29 is 14.4 Å². The van der Waals surface area contributed by atoms with E-state index in [0.29, 0.717) is 31.1 Å². The quantitative estimate of drug-likeness (QED) is 0.482. The van der Waals surface area contributed by atoms with Crippen molar-refractivity contribution in [2.75, 3.05) is 37.6 Å². The Kier molecular flexibility index (Phi) is 10.2. The standard InChI is InChI=1S/C31H42ClN5O3/c1-23(33)29(39)34-28(21-25-11-13-26(32)14-12-25)30(40)35-17-19-36(20-18-35)31(15-7-4-8-16-31)22-37(24(2)38)27-9-5-3-6-10-27/h3,5-6,9-14,23,28H,4,7-8,15-22,33H2,1-2H3,(H,34,39). The molecule has 2 unspecified atom stereocenters. The van der Waals surface area contributed by atoms with Gasteiger partial charge in [0.15, 0.2) is 0 Å². The van der Waals surface area contributed by atoms with Crippen LogP contribution in [0.5, 0.6) is 0 Å². The van der Waals surface area contributed by atoms with Crippen LogP contribution in [0.2, 0.25) is 5.02 Å². The van der Waals surface area contributed by atoms with Crippen molar-refractivity contribution in [2.24, 2.45) is 5.73 Å². The topological polar surface area (TPSA) is 99.0 Å². The third-order valence-electron chi connectivity index (χ3n) is 8.33. The predicted molar refractivity (Wildman–Crippen MR) is 159 cm³/mol. The number of benzene rings is 2. The van der Waals surface area contributed by atoms with Crippen molar-refractivity contribution in [1.29, 1.82) is 0 Å². The molecule has 3 amide bonds. The van der Waals surface area contributed by atoms with E-state index in [4.69, 9.17) is 17.3 Å². The van der Waals surface area contributed by atoms with Gasteiger partial charge in [-0.05, 0) is 49.6 Å². The Morgan fingerprint density at radius 3 is 2.17 bits per heavy atom. The number of piperazine rings is 1. The fourth-order valence-electron chi connectivity index (χ4n) is 6.05. The maximum atomic E-state index is 13.7. The highest BCUT2D eigenvalue weighted by molar-refractivity contribution is 6.30. The average Bonchev–Trinajstić information content (AvgIpc) is 2.97. The van der Waals surface area contributed by atoms with Gasteiger partial charge in [0.25, 0.3) is 0 Å². The molecule has 8 nitrogen and oxygen atoms in total. The molecule has 1 heterocycles. The molecule has 1 saturated heterocycles. The van der Waals surface area contributed by atoms with Gasteiger partial charge in [0, 0.05) is 62.3 Å². The molecule has 2 fully saturated rings. The number of para-hydroxylation sites is 1. The van der Waals surface area contributed by atoms with E-state index in [-0.39, 0.29) is 23.3 Å². The van der Waals surface area contributed by atoms with Gasteiger partial charge in [-0.2, -0.15) is 0 Å². The van der Waals surface area contributed by atoms with E-state index in [1.165, 1.54) is 6.42 Å². The summed E-state index contributed by atoms with van der Waals surface area (Å²) in [4.78, 5) is 45.2. The van der Waals surface area contributed by atoms with Crippen molar-refractivity contribution in [3.63, 3.8) is 0 Å². The molecule has 216 valence electrons. The molecule has 0 radical (unpaired) electrons. The number of hydrogen-bond acceptors (Lipinski definition) is 5. The Hall–Kier alpha value is -2.94. The second-order valence-electron chi connectivity index (χ2n) is 11.2. The molecule has 0 spiro atoms. The van der Waals surface area contributed by atoms with Gasteiger partial charge in [0.2, 0.25) is 17.7 Å². The highest BCUT2D eigenvalue weighted by atomic mass is 35.5. The number of carbonyl (C=O) groups excluding carboxylic acids is 3. The maximum absolute atomic E-state index is 13.7. The largest absolute Gasteiger partial charge is 0.343 e. The number of anilines is 1. The molecule has 3 N–H and O–H groups in total. The van der Waals surface area contributed by atoms with Crippen LogP contribution < -0.4 is 16.0 Å². The van der Waals surface area contributed by atoms with Crippen LogP contribution in [0.3, 0.4) is 0 Å². The zero-order valence-electron chi connectivity index (χ0n) is 23.7. The second-order valence-corrected chi connectivity index (χ2v) is 11.7. The summed E-state index contributed by atoms with van der Waals surface area (Å²) in [6.07, 6.45) is 5.89. The lowest BCUT2D eigenvalue weighted by molar-refractivity contribution is -0.139. The third kappa shape index (κ3) is 7.42. The first-order chi connectivity index (χ1) is 19.2. The van der Waals surface area contributed by atoms with Crippen LogP contribution >= 0.6 is 11.6 Å². The Morgan fingerprint density at radius 2 is 1.60 bits per heavy atom. The fraction of sp³-hybridized carbons (Fsp3) is 0.516. The number of nitrogens with two attached hydrogens (primary N) is 1. The summed E-state index contributed by atoms with van der Waals surface area (Å²) in [5, 5.41) is 3.49. The van der Waals surface area contributed by atoms with Gasteiger partial charge in [0.05, 0.1) is 6.04 Å². The Bertz CT molecular complexity index is 1140. The van der Waals surface area contributed by atoms with Crippen molar-refractivity contribution in [3.8, 4) is 0 Å². The smallest absolute Gasteiger partial charge is 0.245 e. The van der Waals surface area contributed by atoms with E-state index in [9.17, 15) is 14.4 Å². The minimum atomic E-state index is -0.711. The summed E-state index contributed by atoms with van der Waals surface area (Å²) in [5.41, 5.74) is 7.52. The minimum Gasteiger partial charge on any atom is -0.343 e. The number of nitrogens with one attached hydrogen (secondary N) is 1. The maximum Gasteiger partial charge on any atom is 0.245 e. The van der Waals surface area contributed by atoms with Gasteiger partial charge >= 0.3 is 0 Å². The third-order valence-corrected chi connectivity index (χ3v) is 8.58. The van der Waals surface area contributed by atoms with E-state index < -0.39 is 12.1 Å². The van der Waals surface area contributed by atoms with Gasteiger partial charge in [-0.1, -0.05) is 61.2 Å². The lowest BCUT2D eigenvalue weighted by Crippen LogP contribution is -2.64. The highest BCUT2D eigenvalue weighted by Gasteiger charge is 2.42. The monoisotopic (exact) mass is 567 g/mol. The van der Waals surface area contributed by atoms with Crippen LogP contribution in [0.15, 0.2) is 54.6 Å². The van der Waals surface area contributed by atoms with Crippen LogP contribution in [0.1, 0.15) is 51.5 Å². The van der Waals surface area contributed by atoms with Crippen molar-refractivity contribution in [3.05, 3.63) is 65.2 Å². The normalized spacial score (nSPS) is 18.9. The first-order valence-corrected chi connectivity index (χ1v) is 14.7. The Balaban J connectivity index is 1.47. The summed E-state index contributed by atoms with van der Waals surface area (Å²) in [6, 6.07) is 15.8. The van der Waals surface area contributed by atoms with Crippen LogP contribution in [-0.2, 0) is 20.8 Å². The molecule has 4 rings (SSSR count). The molecule has 2 atom stereocenters. The molecule has 1 aliphatic carbocycles. The summed E-state index contributed by atoms with van der Waals surface area (Å²) >= 11 is 6.04. The van der Waals surface area contributed by atoms with Gasteiger partial charge in [-0.3, -0.25) is 19.3 Å². The SMILES string of the molecule is CC(=O)N(CC1(N2CCN(C(=O)C(Cc3ccc(Cl)cc3)NC(=O)C(C)N)CC2)CCCCC1)c1ccccc1. The van der Waals surface area contributed by atoms with Crippen molar-refractivity contribution >= 4 is 35.0 Å². The molecule has 1 aliphatic heterocycles. The van der Waals surface area contributed by atoms with Gasteiger partial charge in [-0.15, -0.1) is 0 Å². The first kappa shape index (κ1) is 30.0. The van der Waals surface area contributed by atoms with E-state index in [2.05, 4.69) is 10.2 Å². The number of rotatable bonds is 9. The Labute approximate surface area is 242 Å². The molecular formula is C31H42ClN5O3. The molecule has 40 heavy (non-hydrogen) atoms. The number of halogens is 1. The van der Waals surface area contributed by atoms with Crippen LogP contribution in [0, 0.1) is 0 Å². The van der Waals surface area contributed by atoms with Crippen LogP contribution in [0.25, 0.3) is 0 Å². The molecule has 0 aromatic heterocycles. The predicted octanol–water partition coefficient (Wildman–Crippen LogP) is 3.61. The number of carbonyl (C=O) groups is 3. The molecule has 2 aromatic rings. The zero-order chi connectivity index (χ0) is 28.7. The van der Waals surface area contributed by atoms with E-state index >= 15 is 0 Å². The summed E-state index contributed by atoms with van der Waals surface area (Å²) in [6.45, 7) is 6.47. The molecule has 9 heteroatoms. The minimum absolute atomic E-state index is 0.0416. The molecule has 2 aliphatic rings. The lowest BCUT2D eigenvalue weighted by Gasteiger charge is -2.51. The molecule has 1 saturated carbocycles. The molecule has 0 bridgehead atoms. The summed E-state index contributed by atoms with van der Waals surface area (Å²) < 4.78 is 0. The number of nitrogens with zero attached hydrogens (tertiary/aromatic N) is 3. The molecular weight excluding hydrogens is 526 g/mol. The first-order valence-electron chi connectivity index (χ1n) is 14.4. The summed E-state index contributed by atoms with van der Waals surface area (Å²) in [7, 11) is 0. The highest BCUT2D eigenvalue weighted by Crippen LogP contribution is 2.36. The zero-order valence-corrected chi connectivity index (χ0v) is 24.4. The van der Waals surface area contributed by atoms with E-state index in [0.717, 1.165) is 50.0 Å². The Morgan fingerprint density at radius 1 is 0.975 bits per heavy atom. The fourth-order valence-corrected chi connectivity index (χ4v) is 6.18. The van der Waals surface area contributed by atoms with Gasteiger partial charge < -0.3 is 20.9 Å². The van der Waals surface area contributed by atoms with Crippen molar-refractivity contribution in [2.45, 2.75) is 70.0 Å². The van der Waals surface area contributed by atoms with Crippen LogP contribution in [-0.4, -0.2) is 77.9 Å². The molecule has 2 aromatic carbocycles. The number of amides is 3. The second kappa shape index (κ2) is 13.6. The van der Waals surface area contributed by atoms with Crippen LogP contribution in [0.4, 0.5) is 5.69 Å². The summed E-state index contributed by atoms with van der Waals surface area (Å²) in [5.74, 6) is -0.409. The lowest BCUT2D eigenvalue weighted by atomic mass is 9.79. The van der Waals surface area contributed by atoms with Gasteiger partial charge in [-0.25, -0.2) is 0 Å². The van der Waals surface area contributed by atoms with Gasteiger partial charge in [0.1, 0.15) is 6.04 Å². The van der Waals surface area contributed by atoms with Crippen molar-refractivity contribution in [1.82, 2.24) is 15.1 Å².